The zero-order valence-electron chi connectivity index (χ0n) is 6.31. The first-order chi connectivity index (χ1) is 4.68. The van der Waals surface area contributed by atoms with E-state index in [1.54, 1.807) is 6.92 Å². The lowest BCUT2D eigenvalue weighted by Gasteiger charge is -1.99. The Kier molecular flexibility index (Phi) is 4.80. The molecule has 10 heavy (non-hydrogen) atoms. The lowest BCUT2D eigenvalue weighted by Crippen LogP contribution is -2.28. The molecule has 3 N–H and O–H groups in total. The van der Waals surface area contributed by atoms with Crippen LogP contribution in [0.1, 0.15) is 6.92 Å². The smallest absolute Gasteiger partial charge is 0.171 e. The van der Waals surface area contributed by atoms with E-state index in [1.807, 2.05) is 0 Å². The summed E-state index contributed by atoms with van der Waals surface area (Å²) in [4.78, 5) is 10.8. The first-order valence-corrected chi connectivity index (χ1v) is 3.28. The number of carbonyl (C=O) groups excluding carboxylic acids is 1. The molecule has 0 unspecified atom stereocenters. The molecule has 0 heterocycles. The van der Waals surface area contributed by atoms with Crippen molar-refractivity contribution >= 4 is 5.78 Å². The van der Waals surface area contributed by atoms with Crippen LogP contribution < -0.4 is 11.1 Å². The molecule has 0 amide bonds. The van der Waals surface area contributed by atoms with Gasteiger partial charge in [-0.3, -0.25) is 4.79 Å². The summed E-state index contributed by atoms with van der Waals surface area (Å²) >= 11 is 0. The van der Waals surface area contributed by atoms with Gasteiger partial charge in [-0.15, -0.1) is 0 Å². The van der Waals surface area contributed by atoms with Crippen molar-refractivity contribution in [2.75, 3.05) is 19.6 Å². The topological polar surface area (TPSA) is 55.1 Å². The highest BCUT2D eigenvalue weighted by Gasteiger charge is 1.98. The molecule has 0 bridgehead atoms. The third kappa shape index (κ3) is 4.23. The van der Waals surface area contributed by atoms with Crippen LogP contribution in [-0.4, -0.2) is 25.4 Å². The van der Waals surface area contributed by atoms with Crippen molar-refractivity contribution in [3.63, 3.8) is 0 Å². The summed E-state index contributed by atoms with van der Waals surface area (Å²) in [6.07, 6.45) is 0. The van der Waals surface area contributed by atoms with E-state index in [1.165, 1.54) is 0 Å². The van der Waals surface area contributed by atoms with Gasteiger partial charge in [0.05, 0.1) is 6.54 Å². The highest BCUT2D eigenvalue weighted by Crippen LogP contribution is 1.86. The Morgan fingerprint density at radius 2 is 2.30 bits per heavy atom. The van der Waals surface area contributed by atoms with Gasteiger partial charge in [0, 0.05) is 13.1 Å². The number of nitrogens with one attached hydrogen (secondary N) is 1. The maximum absolute atomic E-state index is 10.8. The molecular weight excluding hydrogens is 128 g/mol. The van der Waals surface area contributed by atoms with Crippen molar-refractivity contribution in [1.29, 1.82) is 0 Å². The lowest BCUT2D eigenvalue weighted by atomic mass is 10.2. The standard InChI is InChI=1S/C7H14N2O/c1-6(2)7(10)5-9-4-3-8/h9H,1,3-5,8H2,2H3. The zero-order valence-corrected chi connectivity index (χ0v) is 6.31. The Bertz CT molecular complexity index is 132. The molecule has 0 aromatic heterocycles. The SMILES string of the molecule is C=C(C)C(=O)CNCCN. The summed E-state index contributed by atoms with van der Waals surface area (Å²) in [6.45, 7) is 6.81. The van der Waals surface area contributed by atoms with Crippen molar-refractivity contribution in [3.05, 3.63) is 12.2 Å². The van der Waals surface area contributed by atoms with Gasteiger partial charge in [-0.25, -0.2) is 0 Å². The Labute approximate surface area is 61.3 Å². The molecule has 3 heteroatoms. The highest BCUT2D eigenvalue weighted by molar-refractivity contribution is 5.95. The van der Waals surface area contributed by atoms with Crippen molar-refractivity contribution in [2.24, 2.45) is 5.73 Å². The quantitative estimate of drug-likeness (QED) is 0.408. The number of ketones is 1. The number of carbonyl (C=O) groups is 1. The number of hydrogen-bond acceptors (Lipinski definition) is 3. The lowest BCUT2D eigenvalue weighted by molar-refractivity contribution is -0.114. The first-order valence-electron chi connectivity index (χ1n) is 3.28. The molecule has 0 saturated carbocycles. The molecule has 0 spiro atoms. The normalized spacial score (nSPS) is 9.40. The highest BCUT2D eigenvalue weighted by atomic mass is 16.1. The molecule has 0 aliphatic heterocycles. The summed E-state index contributed by atoms with van der Waals surface area (Å²) in [5.41, 5.74) is 5.78. The van der Waals surface area contributed by atoms with Gasteiger partial charge in [0.1, 0.15) is 0 Å². The predicted molar refractivity (Wildman–Crippen MR) is 41.7 cm³/mol. The maximum Gasteiger partial charge on any atom is 0.171 e. The second kappa shape index (κ2) is 5.14. The maximum atomic E-state index is 10.8. The number of Topliss-reactive ketones (excluding diaryl/α,β-unsaturated/α-hetero) is 1. The summed E-state index contributed by atoms with van der Waals surface area (Å²) in [6, 6.07) is 0. The van der Waals surface area contributed by atoms with E-state index in [9.17, 15) is 4.79 Å². The van der Waals surface area contributed by atoms with E-state index in [4.69, 9.17) is 5.73 Å². The average Bonchev–Trinajstić information content (AvgIpc) is 1.88. The van der Waals surface area contributed by atoms with Gasteiger partial charge in [-0.2, -0.15) is 0 Å². The van der Waals surface area contributed by atoms with Crippen LogP contribution >= 0.6 is 0 Å². The molecule has 58 valence electrons. The molecule has 3 nitrogen and oxygen atoms in total. The molecule has 0 fully saturated rings. The van der Waals surface area contributed by atoms with Gasteiger partial charge in [0.15, 0.2) is 5.78 Å². The van der Waals surface area contributed by atoms with Crippen molar-refractivity contribution in [2.45, 2.75) is 6.92 Å². The summed E-state index contributed by atoms with van der Waals surface area (Å²) < 4.78 is 0. The minimum absolute atomic E-state index is 0.0495. The van der Waals surface area contributed by atoms with Gasteiger partial charge >= 0.3 is 0 Å². The van der Waals surface area contributed by atoms with Gasteiger partial charge in [-0.05, 0) is 12.5 Å². The van der Waals surface area contributed by atoms with Crippen LogP contribution in [0, 0.1) is 0 Å². The van der Waals surface area contributed by atoms with Crippen LogP contribution in [0.2, 0.25) is 0 Å². The Balaban J connectivity index is 3.31. The van der Waals surface area contributed by atoms with E-state index in [0.717, 1.165) is 0 Å². The Morgan fingerprint density at radius 1 is 1.70 bits per heavy atom. The molecule has 0 aromatic rings. The van der Waals surface area contributed by atoms with Gasteiger partial charge < -0.3 is 11.1 Å². The van der Waals surface area contributed by atoms with E-state index in [-0.39, 0.29) is 5.78 Å². The van der Waals surface area contributed by atoms with Crippen molar-refractivity contribution < 1.29 is 4.79 Å². The summed E-state index contributed by atoms with van der Waals surface area (Å²) in [5.74, 6) is 0.0495. The van der Waals surface area contributed by atoms with E-state index >= 15 is 0 Å². The predicted octanol–water partition coefficient (Wildman–Crippen LogP) is -0.320. The van der Waals surface area contributed by atoms with Crippen LogP contribution in [-0.2, 0) is 4.79 Å². The fourth-order valence-corrected chi connectivity index (χ4v) is 0.455. The first kappa shape index (κ1) is 9.33. The largest absolute Gasteiger partial charge is 0.329 e. The van der Waals surface area contributed by atoms with Crippen molar-refractivity contribution in [1.82, 2.24) is 5.32 Å². The second-order valence-electron chi connectivity index (χ2n) is 2.17. The molecule has 0 atom stereocenters. The van der Waals surface area contributed by atoms with E-state index < -0.39 is 0 Å². The zero-order chi connectivity index (χ0) is 7.98. The molecule has 0 aliphatic carbocycles. The van der Waals surface area contributed by atoms with Crippen LogP contribution in [0.5, 0.6) is 0 Å². The van der Waals surface area contributed by atoms with E-state index in [2.05, 4.69) is 11.9 Å². The molecular formula is C7H14N2O. The van der Waals surface area contributed by atoms with Crippen molar-refractivity contribution in [3.8, 4) is 0 Å². The summed E-state index contributed by atoms with van der Waals surface area (Å²) in [5, 5.41) is 2.88. The van der Waals surface area contributed by atoms with Crippen LogP contribution in [0.15, 0.2) is 12.2 Å². The molecule has 0 radical (unpaired) electrons. The summed E-state index contributed by atoms with van der Waals surface area (Å²) in [7, 11) is 0. The van der Waals surface area contributed by atoms with E-state index in [0.29, 0.717) is 25.2 Å². The molecule has 0 saturated heterocycles. The molecule has 0 aliphatic rings. The van der Waals surface area contributed by atoms with Gasteiger partial charge in [0.25, 0.3) is 0 Å². The van der Waals surface area contributed by atoms with Crippen LogP contribution in [0.25, 0.3) is 0 Å². The minimum Gasteiger partial charge on any atom is -0.329 e. The third-order valence-corrected chi connectivity index (χ3v) is 1.08. The Hall–Kier alpha value is -0.670. The third-order valence-electron chi connectivity index (χ3n) is 1.08. The monoisotopic (exact) mass is 142 g/mol. The fraction of sp³-hybridized carbons (Fsp3) is 0.571. The average molecular weight is 142 g/mol. The van der Waals surface area contributed by atoms with Crippen LogP contribution in [0.3, 0.4) is 0 Å². The van der Waals surface area contributed by atoms with Crippen LogP contribution in [0.4, 0.5) is 0 Å². The number of rotatable bonds is 5. The van der Waals surface area contributed by atoms with Gasteiger partial charge in [-0.1, -0.05) is 6.58 Å². The minimum atomic E-state index is 0.0495. The fourth-order valence-electron chi connectivity index (χ4n) is 0.455. The second-order valence-corrected chi connectivity index (χ2v) is 2.17. The van der Waals surface area contributed by atoms with Gasteiger partial charge in [0.2, 0.25) is 0 Å². The number of hydrogen-bond donors (Lipinski definition) is 2. The Morgan fingerprint density at radius 3 is 2.70 bits per heavy atom. The number of nitrogens with two attached hydrogens (primary N) is 1. The molecule has 0 aromatic carbocycles. The molecule has 0 rings (SSSR count).